The standard InChI is InChI=1S/C16H24/c1-11(2)13-9-15(4,5)10-14(13)12(3)16(6)7-8-16/h9H,1,7-8,10H2,2-6H3/b14-12-. The van der Waals surface area contributed by atoms with Gasteiger partial charge in [-0.1, -0.05) is 44.6 Å². The summed E-state index contributed by atoms with van der Waals surface area (Å²) in [5.41, 5.74) is 6.67. The lowest BCUT2D eigenvalue weighted by Gasteiger charge is -2.18. The van der Waals surface area contributed by atoms with Crippen molar-refractivity contribution in [2.75, 3.05) is 0 Å². The number of hydrogen-bond acceptors (Lipinski definition) is 0. The lowest BCUT2D eigenvalue weighted by Crippen LogP contribution is -2.05. The van der Waals surface area contributed by atoms with Crippen LogP contribution >= 0.6 is 0 Å². The fourth-order valence-corrected chi connectivity index (χ4v) is 2.72. The third-order valence-corrected chi connectivity index (χ3v) is 4.31. The molecular formula is C16H24. The second kappa shape index (κ2) is 3.35. The minimum absolute atomic E-state index is 0.316. The van der Waals surface area contributed by atoms with E-state index in [2.05, 4.69) is 47.3 Å². The Hall–Kier alpha value is -0.780. The van der Waals surface area contributed by atoms with Crippen molar-refractivity contribution in [2.24, 2.45) is 10.8 Å². The Morgan fingerprint density at radius 3 is 2.19 bits per heavy atom. The lowest BCUT2D eigenvalue weighted by atomic mass is 9.86. The summed E-state index contributed by atoms with van der Waals surface area (Å²) >= 11 is 0. The third kappa shape index (κ3) is 1.90. The van der Waals surface area contributed by atoms with Gasteiger partial charge in [0, 0.05) is 0 Å². The summed E-state index contributed by atoms with van der Waals surface area (Å²) in [6, 6.07) is 0. The largest absolute Gasteiger partial charge is 0.0955 e. The molecule has 2 rings (SSSR count). The van der Waals surface area contributed by atoms with Crippen LogP contribution in [0.1, 0.15) is 53.9 Å². The molecule has 88 valence electrons. The Balaban J connectivity index is 2.44. The maximum atomic E-state index is 4.14. The van der Waals surface area contributed by atoms with Crippen molar-refractivity contribution in [2.45, 2.75) is 53.9 Å². The van der Waals surface area contributed by atoms with Crippen molar-refractivity contribution in [3.05, 3.63) is 34.9 Å². The normalized spacial score (nSPS) is 28.7. The van der Waals surface area contributed by atoms with E-state index in [1.165, 1.54) is 30.4 Å². The van der Waals surface area contributed by atoms with E-state index in [-0.39, 0.29) is 0 Å². The van der Waals surface area contributed by atoms with Crippen LogP contribution in [0, 0.1) is 10.8 Å². The second-order valence-corrected chi connectivity index (χ2v) is 6.67. The molecule has 0 atom stereocenters. The van der Waals surface area contributed by atoms with Crippen LogP contribution in [0.5, 0.6) is 0 Å². The van der Waals surface area contributed by atoms with E-state index in [0.29, 0.717) is 10.8 Å². The minimum Gasteiger partial charge on any atom is -0.0955 e. The highest BCUT2D eigenvalue weighted by Gasteiger charge is 2.42. The summed E-state index contributed by atoms with van der Waals surface area (Å²) in [5, 5.41) is 0. The summed E-state index contributed by atoms with van der Waals surface area (Å²) in [7, 11) is 0. The van der Waals surface area contributed by atoms with Gasteiger partial charge in [-0.15, -0.1) is 0 Å². The zero-order chi connectivity index (χ0) is 12.1. The molecule has 0 bridgehead atoms. The molecule has 2 aliphatic carbocycles. The third-order valence-electron chi connectivity index (χ3n) is 4.31. The smallest absolute Gasteiger partial charge is 0.0112 e. The quantitative estimate of drug-likeness (QED) is 0.607. The fraction of sp³-hybridized carbons (Fsp3) is 0.625. The van der Waals surface area contributed by atoms with Gasteiger partial charge in [0.25, 0.3) is 0 Å². The molecule has 0 nitrogen and oxygen atoms in total. The highest BCUT2D eigenvalue weighted by Crippen LogP contribution is 2.55. The van der Waals surface area contributed by atoms with Gasteiger partial charge >= 0.3 is 0 Å². The van der Waals surface area contributed by atoms with Crippen molar-refractivity contribution >= 4 is 0 Å². The van der Waals surface area contributed by atoms with Crippen LogP contribution in [0.25, 0.3) is 0 Å². The van der Waals surface area contributed by atoms with Crippen molar-refractivity contribution in [1.82, 2.24) is 0 Å². The molecule has 0 radical (unpaired) electrons. The molecule has 0 heterocycles. The van der Waals surface area contributed by atoms with Crippen LogP contribution in [-0.2, 0) is 0 Å². The van der Waals surface area contributed by atoms with E-state index in [0.717, 1.165) is 0 Å². The van der Waals surface area contributed by atoms with Crippen LogP contribution in [0.4, 0.5) is 0 Å². The van der Waals surface area contributed by atoms with Gasteiger partial charge in [0.05, 0.1) is 0 Å². The zero-order valence-electron chi connectivity index (χ0n) is 11.4. The average molecular weight is 216 g/mol. The average Bonchev–Trinajstić information content (AvgIpc) is 2.81. The van der Waals surface area contributed by atoms with Crippen molar-refractivity contribution in [1.29, 1.82) is 0 Å². The molecule has 1 saturated carbocycles. The molecular weight excluding hydrogens is 192 g/mol. The van der Waals surface area contributed by atoms with Crippen LogP contribution in [0.3, 0.4) is 0 Å². The summed E-state index contributed by atoms with van der Waals surface area (Å²) in [4.78, 5) is 0. The van der Waals surface area contributed by atoms with Crippen molar-refractivity contribution in [3.8, 4) is 0 Å². The molecule has 0 aliphatic heterocycles. The Kier molecular flexibility index (Phi) is 2.45. The van der Waals surface area contributed by atoms with Gasteiger partial charge in [-0.2, -0.15) is 0 Å². The van der Waals surface area contributed by atoms with Gasteiger partial charge in [0.15, 0.2) is 0 Å². The van der Waals surface area contributed by atoms with E-state index in [9.17, 15) is 0 Å². The first kappa shape index (κ1) is 11.7. The van der Waals surface area contributed by atoms with Crippen LogP contribution in [-0.4, -0.2) is 0 Å². The molecule has 0 N–H and O–H groups in total. The van der Waals surface area contributed by atoms with Gasteiger partial charge in [-0.25, -0.2) is 0 Å². The van der Waals surface area contributed by atoms with E-state index in [1.54, 1.807) is 11.1 Å². The molecule has 0 aromatic rings. The highest BCUT2D eigenvalue weighted by atomic mass is 14.5. The molecule has 1 fully saturated rings. The lowest BCUT2D eigenvalue weighted by molar-refractivity contribution is 0.494. The molecule has 16 heavy (non-hydrogen) atoms. The number of rotatable bonds is 2. The second-order valence-electron chi connectivity index (χ2n) is 6.67. The highest BCUT2D eigenvalue weighted by molar-refractivity contribution is 5.53. The predicted molar refractivity (Wildman–Crippen MR) is 71.3 cm³/mol. The van der Waals surface area contributed by atoms with E-state index < -0.39 is 0 Å². The first-order valence-corrected chi connectivity index (χ1v) is 6.35. The van der Waals surface area contributed by atoms with Crippen LogP contribution in [0.15, 0.2) is 34.9 Å². The van der Waals surface area contributed by atoms with Crippen molar-refractivity contribution < 1.29 is 0 Å². The van der Waals surface area contributed by atoms with E-state index >= 15 is 0 Å². The Morgan fingerprint density at radius 2 is 1.75 bits per heavy atom. The SMILES string of the molecule is C=C(C)C1=CC(C)(C)C/C1=C(\C)C1(C)CC1. The summed E-state index contributed by atoms with van der Waals surface area (Å²) in [6.45, 7) is 15.7. The maximum absolute atomic E-state index is 4.14. The summed E-state index contributed by atoms with van der Waals surface area (Å²) in [5.74, 6) is 0. The molecule has 0 spiro atoms. The van der Waals surface area contributed by atoms with Gasteiger partial charge in [-0.3, -0.25) is 0 Å². The molecule has 0 amide bonds. The number of allylic oxidation sites excluding steroid dienone is 5. The molecule has 0 unspecified atom stereocenters. The Labute approximate surface area is 100 Å². The van der Waals surface area contributed by atoms with Gasteiger partial charge in [0.2, 0.25) is 0 Å². The Morgan fingerprint density at radius 1 is 1.19 bits per heavy atom. The molecule has 0 aromatic carbocycles. The molecule has 0 heteroatoms. The monoisotopic (exact) mass is 216 g/mol. The molecule has 0 saturated heterocycles. The first-order chi connectivity index (χ1) is 7.25. The zero-order valence-corrected chi connectivity index (χ0v) is 11.4. The van der Waals surface area contributed by atoms with Gasteiger partial charge in [0.1, 0.15) is 0 Å². The molecule has 2 aliphatic rings. The van der Waals surface area contributed by atoms with Gasteiger partial charge in [-0.05, 0) is 55.1 Å². The van der Waals surface area contributed by atoms with Crippen LogP contribution in [0.2, 0.25) is 0 Å². The molecule has 0 aromatic heterocycles. The maximum Gasteiger partial charge on any atom is -0.0112 e. The Bertz CT molecular complexity index is 398. The summed E-state index contributed by atoms with van der Waals surface area (Å²) < 4.78 is 0. The topological polar surface area (TPSA) is 0 Å². The van der Waals surface area contributed by atoms with E-state index in [4.69, 9.17) is 0 Å². The van der Waals surface area contributed by atoms with E-state index in [1.807, 2.05) is 0 Å². The fourth-order valence-electron chi connectivity index (χ4n) is 2.72. The van der Waals surface area contributed by atoms with Crippen LogP contribution < -0.4 is 0 Å². The van der Waals surface area contributed by atoms with Crippen molar-refractivity contribution in [3.63, 3.8) is 0 Å². The minimum atomic E-state index is 0.316. The summed E-state index contributed by atoms with van der Waals surface area (Å²) in [6.07, 6.45) is 6.34. The van der Waals surface area contributed by atoms with Gasteiger partial charge < -0.3 is 0 Å². The number of hydrogen-bond donors (Lipinski definition) is 0. The first-order valence-electron chi connectivity index (χ1n) is 6.35. The predicted octanol–water partition coefficient (Wildman–Crippen LogP) is 5.04.